The molecule has 0 fully saturated rings. The van der Waals surface area contributed by atoms with Gasteiger partial charge in [-0.3, -0.25) is 10.2 Å². The molecule has 0 aromatic heterocycles. The Bertz CT molecular complexity index is 1140. The summed E-state index contributed by atoms with van der Waals surface area (Å²) in [6.07, 6.45) is -0.197. The van der Waals surface area contributed by atoms with E-state index in [-0.39, 0.29) is 31.0 Å². The highest BCUT2D eigenvalue weighted by Crippen LogP contribution is 2.35. The number of benzene rings is 3. The van der Waals surface area contributed by atoms with Crippen LogP contribution in [0.1, 0.15) is 29.2 Å². The van der Waals surface area contributed by atoms with E-state index >= 15 is 8.78 Å². The van der Waals surface area contributed by atoms with Crippen LogP contribution in [0, 0.1) is 17.0 Å². The highest BCUT2D eigenvalue weighted by molar-refractivity contribution is 5.95. The fourth-order valence-corrected chi connectivity index (χ4v) is 3.68. The number of para-hydroxylation sites is 1. The number of halogens is 2. The number of nitrogens with two attached hydrogens (primary N) is 2. The molecule has 0 aliphatic rings. The number of carbonyl (C=O) groups excluding carboxylic acids is 1. The van der Waals surface area contributed by atoms with E-state index in [9.17, 15) is 4.79 Å². The molecular weight excluding hydrogens is 426 g/mol. The first-order chi connectivity index (χ1) is 15.8. The maximum absolute atomic E-state index is 15.7. The summed E-state index contributed by atoms with van der Waals surface area (Å²) < 4.78 is 36.4. The second-order valence-electron chi connectivity index (χ2n) is 7.53. The normalized spacial score (nSPS) is 12.7. The molecule has 1 atom stereocenters. The van der Waals surface area contributed by atoms with Crippen molar-refractivity contribution in [3.63, 3.8) is 0 Å². The molecule has 3 rings (SSSR count). The summed E-state index contributed by atoms with van der Waals surface area (Å²) in [4.78, 5) is 12.7. The van der Waals surface area contributed by atoms with Gasteiger partial charge in [-0.2, -0.15) is 0 Å². The Morgan fingerprint density at radius 3 is 2.27 bits per heavy atom. The van der Waals surface area contributed by atoms with Gasteiger partial charge >= 0.3 is 0 Å². The molecule has 0 bridgehead atoms. The van der Waals surface area contributed by atoms with Gasteiger partial charge in [-0.05, 0) is 30.7 Å². The summed E-state index contributed by atoms with van der Waals surface area (Å²) in [6, 6.07) is 18.0. The molecule has 1 unspecified atom stereocenters. The van der Waals surface area contributed by atoms with E-state index in [1.807, 2.05) is 30.3 Å². The highest BCUT2D eigenvalue weighted by Gasteiger charge is 2.44. The molecule has 0 heterocycles. The molecule has 0 aliphatic heterocycles. The molecule has 172 valence electrons. The molecule has 0 aliphatic carbocycles. The summed E-state index contributed by atoms with van der Waals surface area (Å²) in [6.45, 7) is 1.68. The number of nitrogens with one attached hydrogen (secondary N) is 2. The van der Waals surface area contributed by atoms with Gasteiger partial charge in [-0.15, -0.1) is 0 Å². The Kier molecular flexibility index (Phi) is 7.40. The van der Waals surface area contributed by atoms with Crippen molar-refractivity contribution >= 4 is 17.4 Å². The van der Waals surface area contributed by atoms with Gasteiger partial charge < -0.3 is 21.5 Å². The largest absolute Gasteiger partial charge is 0.384 e. The van der Waals surface area contributed by atoms with E-state index in [1.165, 1.54) is 6.07 Å². The average molecular weight is 453 g/mol. The number of hydrogen-bond acceptors (Lipinski definition) is 4. The Labute approximate surface area is 191 Å². The standard InChI is InChI=1S/C25H26F2N4O2/c1-2-33-25(24(30)32,14-16-8-10-17(11-9-16)23(28)29)21-20(26)13-12-18(22(21)27)15-31-19-6-4-3-5-7-19/h3-13,31H,2,14-15H2,1H3,(H3,28,29)(H2,30,32). The van der Waals surface area contributed by atoms with Gasteiger partial charge in [0, 0.05) is 36.4 Å². The topological polar surface area (TPSA) is 114 Å². The summed E-state index contributed by atoms with van der Waals surface area (Å²) in [5.74, 6) is -2.95. The van der Waals surface area contributed by atoms with E-state index in [0.29, 0.717) is 11.1 Å². The van der Waals surface area contributed by atoms with Crippen molar-refractivity contribution in [2.24, 2.45) is 11.5 Å². The number of rotatable bonds is 10. The predicted molar refractivity (Wildman–Crippen MR) is 124 cm³/mol. The molecule has 1 amide bonds. The number of nitrogen functional groups attached to an aromatic ring is 1. The molecule has 3 aromatic rings. The monoisotopic (exact) mass is 452 g/mol. The predicted octanol–water partition coefficient (Wildman–Crippen LogP) is 3.82. The van der Waals surface area contributed by atoms with Gasteiger partial charge in [0.2, 0.25) is 0 Å². The van der Waals surface area contributed by atoms with E-state index in [4.69, 9.17) is 21.6 Å². The Morgan fingerprint density at radius 2 is 1.70 bits per heavy atom. The van der Waals surface area contributed by atoms with Crippen molar-refractivity contribution in [2.75, 3.05) is 11.9 Å². The number of amides is 1. The molecule has 0 saturated heterocycles. The van der Waals surface area contributed by atoms with Crippen LogP contribution in [0.15, 0.2) is 66.7 Å². The molecule has 6 nitrogen and oxygen atoms in total. The van der Waals surface area contributed by atoms with Crippen LogP contribution in [0.3, 0.4) is 0 Å². The zero-order chi connectivity index (χ0) is 24.0. The Hall–Kier alpha value is -3.78. The molecule has 6 N–H and O–H groups in total. The molecule has 8 heteroatoms. The van der Waals surface area contributed by atoms with Crippen molar-refractivity contribution in [2.45, 2.75) is 25.5 Å². The van der Waals surface area contributed by atoms with Gasteiger partial charge in [0.1, 0.15) is 17.5 Å². The smallest absolute Gasteiger partial charge is 0.254 e. The molecular formula is C25H26F2N4O2. The number of carbonyl (C=O) groups is 1. The molecule has 33 heavy (non-hydrogen) atoms. The van der Waals surface area contributed by atoms with E-state index in [2.05, 4.69) is 5.32 Å². The van der Waals surface area contributed by atoms with Crippen molar-refractivity contribution in [1.82, 2.24) is 0 Å². The highest BCUT2D eigenvalue weighted by atomic mass is 19.1. The lowest BCUT2D eigenvalue weighted by Gasteiger charge is -2.32. The Balaban J connectivity index is 2.04. The second kappa shape index (κ2) is 10.2. The molecule has 0 saturated carbocycles. The maximum Gasteiger partial charge on any atom is 0.254 e. The maximum atomic E-state index is 15.7. The van der Waals surface area contributed by atoms with Crippen LogP contribution in [0.2, 0.25) is 0 Å². The van der Waals surface area contributed by atoms with Gasteiger partial charge in [0.05, 0.1) is 5.56 Å². The van der Waals surface area contributed by atoms with E-state index < -0.39 is 28.7 Å². The van der Waals surface area contributed by atoms with Crippen LogP contribution in [-0.4, -0.2) is 18.3 Å². The average Bonchev–Trinajstić information content (AvgIpc) is 2.79. The minimum atomic E-state index is -2.07. The number of amidine groups is 1. The van der Waals surface area contributed by atoms with Crippen LogP contribution in [-0.2, 0) is 28.1 Å². The summed E-state index contributed by atoms with van der Waals surface area (Å²) >= 11 is 0. The van der Waals surface area contributed by atoms with Gasteiger partial charge in [0.25, 0.3) is 5.91 Å². The fourth-order valence-electron chi connectivity index (χ4n) is 3.68. The van der Waals surface area contributed by atoms with E-state index in [1.54, 1.807) is 31.2 Å². The third-order valence-electron chi connectivity index (χ3n) is 5.34. The van der Waals surface area contributed by atoms with Gasteiger partial charge in [-0.25, -0.2) is 8.78 Å². The molecule has 3 aromatic carbocycles. The lowest BCUT2D eigenvalue weighted by molar-refractivity contribution is -0.145. The van der Waals surface area contributed by atoms with Crippen molar-refractivity contribution in [1.29, 1.82) is 5.41 Å². The Morgan fingerprint density at radius 1 is 1.03 bits per heavy atom. The van der Waals surface area contributed by atoms with Gasteiger partial charge in [-0.1, -0.05) is 48.5 Å². The second-order valence-corrected chi connectivity index (χ2v) is 7.53. The zero-order valence-electron chi connectivity index (χ0n) is 18.2. The summed E-state index contributed by atoms with van der Waals surface area (Å²) in [5, 5.41) is 10.6. The number of hydrogen-bond donors (Lipinski definition) is 4. The van der Waals surface area contributed by atoms with Crippen molar-refractivity contribution < 1.29 is 18.3 Å². The lowest BCUT2D eigenvalue weighted by atomic mass is 9.84. The van der Waals surface area contributed by atoms with Crippen LogP contribution < -0.4 is 16.8 Å². The number of primary amides is 1. The van der Waals surface area contributed by atoms with Crippen LogP contribution in [0.4, 0.5) is 14.5 Å². The first-order valence-electron chi connectivity index (χ1n) is 10.4. The van der Waals surface area contributed by atoms with Crippen LogP contribution >= 0.6 is 0 Å². The molecule has 0 spiro atoms. The number of anilines is 1. The lowest BCUT2D eigenvalue weighted by Crippen LogP contribution is -2.47. The van der Waals surface area contributed by atoms with Crippen LogP contribution in [0.25, 0.3) is 0 Å². The fraction of sp³-hybridized carbons (Fsp3) is 0.200. The van der Waals surface area contributed by atoms with Gasteiger partial charge in [0.15, 0.2) is 5.60 Å². The third kappa shape index (κ3) is 5.18. The summed E-state index contributed by atoms with van der Waals surface area (Å²) in [5.41, 5.74) is 10.5. The molecule has 0 radical (unpaired) electrons. The zero-order valence-corrected chi connectivity index (χ0v) is 18.2. The van der Waals surface area contributed by atoms with Crippen LogP contribution in [0.5, 0.6) is 0 Å². The minimum Gasteiger partial charge on any atom is -0.384 e. The van der Waals surface area contributed by atoms with E-state index in [0.717, 1.165) is 11.8 Å². The van der Waals surface area contributed by atoms with Crippen molar-refractivity contribution in [3.8, 4) is 0 Å². The van der Waals surface area contributed by atoms with Crippen molar-refractivity contribution in [3.05, 3.63) is 101 Å². The summed E-state index contributed by atoms with van der Waals surface area (Å²) in [7, 11) is 0. The quantitative estimate of drug-likeness (QED) is 0.277. The SMILES string of the molecule is CCOC(Cc1ccc(C(=N)N)cc1)(C(N)=O)c1c(F)ccc(CNc2ccccc2)c1F. The number of ether oxygens (including phenoxy) is 1. The minimum absolute atomic E-state index is 0.000156. The first kappa shape index (κ1) is 23.9. The third-order valence-corrected chi connectivity index (χ3v) is 5.34. The first-order valence-corrected chi connectivity index (χ1v) is 10.4.